The van der Waals surface area contributed by atoms with E-state index in [1.807, 2.05) is 6.07 Å². The summed E-state index contributed by atoms with van der Waals surface area (Å²) in [7, 11) is 0. The van der Waals surface area contributed by atoms with Crippen LogP contribution in [0.5, 0.6) is 0 Å². The summed E-state index contributed by atoms with van der Waals surface area (Å²) in [4.78, 5) is 13.4. The number of anilines is 2. The standard InChI is InChI=1S/C11H13ClN2O/c12-9-5-4-8(7-10(9)13)14-6-2-1-3-11(14)15/h4-5,7H,1-3,6,13H2. The van der Waals surface area contributed by atoms with Crippen molar-refractivity contribution in [3.8, 4) is 0 Å². The normalized spacial score (nSPS) is 16.9. The maximum atomic E-state index is 11.6. The fraction of sp³-hybridized carbons (Fsp3) is 0.364. The van der Waals surface area contributed by atoms with Crippen molar-refractivity contribution in [1.29, 1.82) is 0 Å². The lowest BCUT2D eigenvalue weighted by Crippen LogP contribution is -2.35. The Morgan fingerprint density at radius 3 is 2.80 bits per heavy atom. The number of carbonyl (C=O) groups excluding carboxylic acids is 1. The van der Waals surface area contributed by atoms with E-state index in [0.29, 0.717) is 17.1 Å². The van der Waals surface area contributed by atoms with E-state index in [4.69, 9.17) is 17.3 Å². The lowest BCUT2D eigenvalue weighted by Gasteiger charge is -2.27. The van der Waals surface area contributed by atoms with Crippen LogP contribution in [0.4, 0.5) is 11.4 Å². The lowest BCUT2D eigenvalue weighted by atomic mass is 10.1. The molecule has 15 heavy (non-hydrogen) atoms. The molecule has 1 aromatic carbocycles. The topological polar surface area (TPSA) is 46.3 Å². The molecule has 1 saturated heterocycles. The van der Waals surface area contributed by atoms with Gasteiger partial charge in [-0.2, -0.15) is 0 Å². The molecule has 1 aliphatic rings. The summed E-state index contributed by atoms with van der Waals surface area (Å²) in [5.41, 5.74) is 7.07. The zero-order chi connectivity index (χ0) is 10.8. The number of piperidine rings is 1. The third kappa shape index (κ3) is 2.07. The Balaban J connectivity index is 2.28. The van der Waals surface area contributed by atoms with E-state index in [0.717, 1.165) is 25.1 Å². The molecular formula is C11H13ClN2O. The van der Waals surface area contributed by atoms with Crippen molar-refractivity contribution in [3.05, 3.63) is 23.2 Å². The van der Waals surface area contributed by atoms with Gasteiger partial charge in [0.05, 0.1) is 10.7 Å². The highest BCUT2D eigenvalue weighted by molar-refractivity contribution is 6.33. The molecule has 1 amide bonds. The van der Waals surface area contributed by atoms with Gasteiger partial charge in [0.1, 0.15) is 0 Å². The van der Waals surface area contributed by atoms with Gasteiger partial charge in [-0.1, -0.05) is 11.6 Å². The van der Waals surface area contributed by atoms with Crippen molar-refractivity contribution in [1.82, 2.24) is 0 Å². The molecule has 1 heterocycles. The van der Waals surface area contributed by atoms with Crippen molar-refractivity contribution >= 4 is 28.9 Å². The molecule has 0 aromatic heterocycles. The van der Waals surface area contributed by atoms with Crippen molar-refractivity contribution in [3.63, 3.8) is 0 Å². The number of nitrogens with two attached hydrogens (primary N) is 1. The van der Waals surface area contributed by atoms with Gasteiger partial charge < -0.3 is 10.6 Å². The molecule has 0 unspecified atom stereocenters. The third-order valence-electron chi connectivity index (χ3n) is 2.61. The molecule has 0 radical (unpaired) electrons. The summed E-state index contributed by atoms with van der Waals surface area (Å²) >= 11 is 5.83. The number of amides is 1. The lowest BCUT2D eigenvalue weighted by molar-refractivity contribution is -0.119. The Kier molecular flexibility index (Phi) is 2.82. The molecule has 1 aromatic rings. The molecule has 0 saturated carbocycles. The maximum absolute atomic E-state index is 11.6. The predicted octanol–water partition coefficient (Wildman–Crippen LogP) is 2.44. The number of benzene rings is 1. The summed E-state index contributed by atoms with van der Waals surface area (Å²) in [5, 5.41) is 0.531. The van der Waals surface area contributed by atoms with Crippen LogP contribution >= 0.6 is 11.6 Å². The average molecular weight is 225 g/mol. The van der Waals surface area contributed by atoms with Crippen LogP contribution in [0.2, 0.25) is 5.02 Å². The van der Waals surface area contributed by atoms with E-state index >= 15 is 0 Å². The summed E-state index contributed by atoms with van der Waals surface area (Å²) < 4.78 is 0. The molecule has 80 valence electrons. The molecule has 0 spiro atoms. The number of hydrogen-bond donors (Lipinski definition) is 1. The first-order valence-corrected chi connectivity index (χ1v) is 5.41. The monoisotopic (exact) mass is 224 g/mol. The first kappa shape index (κ1) is 10.3. The van der Waals surface area contributed by atoms with Crippen molar-refractivity contribution in [2.45, 2.75) is 19.3 Å². The van der Waals surface area contributed by atoms with Crippen LogP contribution in [-0.2, 0) is 4.79 Å². The van der Waals surface area contributed by atoms with Gasteiger partial charge in [0, 0.05) is 18.7 Å². The molecule has 2 N–H and O–H groups in total. The minimum atomic E-state index is 0.169. The largest absolute Gasteiger partial charge is 0.397 e. The molecule has 2 rings (SSSR count). The highest BCUT2D eigenvalue weighted by Gasteiger charge is 2.19. The van der Waals surface area contributed by atoms with Crippen LogP contribution in [0, 0.1) is 0 Å². The van der Waals surface area contributed by atoms with Gasteiger partial charge in [0.15, 0.2) is 0 Å². The van der Waals surface area contributed by atoms with Crippen LogP contribution in [0.25, 0.3) is 0 Å². The Morgan fingerprint density at radius 2 is 2.13 bits per heavy atom. The molecule has 0 aliphatic carbocycles. The number of halogens is 1. The van der Waals surface area contributed by atoms with Gasteiger partial charge in [-0.05, 0) is 31.0 Å². The quantitative estimate of drug-likeness (QED) is 0.745. The number of rotatable bonds is 1. The number of hydrogen-bond acceptors (Lipinski definition) is 2. The fourth-order valence-corrected chi connectivity index (χ4v) is 1.90. The Labute approximate surface area is 93.8 Å². The van der Waals surface area contributed by atoms with Crippen LogP contribution in [0.1, 0.15) is 19.3 Å². The molecule has 0 atom stereocenters. The van der Waals surface area contributed by atoms with Gasteiger partial charge in [0.25, 0.3) is 0 Å². The van der Waals surface area contributed by atoms with E-state index in [9.17, 15) is 4.79 Å². The van der Waals surface area contributed by atoms with E-state index < -0.39 is 0 Å². The van der Waals surface area contributed by atoms with Crippen LogP contribution in [-0.4, -0.2) is 12.5 Å². The van der Waals surface area contributed by atoms with Crippen LogP contribution in [0.15, 0.2) is 18.2 Å². The highest BCUT2D eigenvalue weighted by Crippen LogP contribution is 2.27. The maximum Gasteiger partial charge on any atom is 0.226 e. The molecule has 1 aliphatic heterocycles. The Morgan fingerprint density at radius 1 is 1.33 bits per heavy atom. The summed E-state index contributed by atoms with van der Waals surface area (Å²) in [6.45, 7) is 0.778. The highest BCUT2D eigenvalue weighted by atomic mass is 35.5. The summed E-state index contributed by atoms with van der Waals surface area (Å²) in [5.74, 6) is 0.169. The van der Waals surface area contributed by atoms with Crippen LogP contribution in [0.3, 0.4) is 0 Å². The summed E-state index contributed by atoms with van der Waals surface area (Å²) in [6.07, 6.45) is 2.66. The third-order valence-corrected chi connectivity index (χ3v) is 2.96. The van der Waals surface area contributed by atoms with E-state index in [-0.39, 0.29) is 5.91 Å². The van der Waals surface area contributed by atoms with Gasteiger partial charge in [-0.25, -0.2) is 0 Å². The molecule has 1 fully saturated rings. The van der Waals surface area contributed by atoms with Crippen molar-refractivity contribution in [2.75, 3.05) is 17.2 Å². The van der Waals surface area contributed by atoms with E-state index in [1.165, 1.54) is 0 Å². The molecule has 3 nitrogen and oxygen atoms in total. The minimum absolute atomic E-state index is 0.169. The first-order valence-electron chi connectivity index (χ1n) is 5.04. The first-order chi connectivity index (χ1) is 7.18. The Bertz CT molecular complexity index is 392. The minimum Gasteiger partial charge on any atom is -0.397 e. The van der Waals surface area contributed by atoms with Crippen LogP contribution < -0.4 is 10.6 Å². The fourth-order valence-electron chi connectivity index (χ4n) is 1.78. The predicted molar refractivity (Wildman–Crippen MR) is 62.1 cm³/mol. The zero-order valence-corrected chi connectivity index (χ0v) is 9.13. The molecule has 4 heteroatoms. The van der Waals surface area contributed by atoms with Crippen molar-refractivity contribution < 1.29 is 4.79 Å². The average Bonchev–Trinajstić information content (AvgIpc) is 2.23. The Hall–Kier alpha value is -1.22. The SMILES string of the molecule is Nc1cc(N2CCCCC2=O)ccc1Cl. The van der Waals surface area contributed by atoms with E-state index in [1.54, 1.807) is 17.0 Å². The second-order valence-electron chi connectivity index (χ2n) is 3.71. The smallest absolute Gasteiger partial charge is 0.226 e. The second kappa shape index (κ2) is 4.11. The molecular weight excluding hydrogens is 212 g/mol. The zero-order valence-electron chi connectivity index (χ0n) is 8.37. The van der Waals surface area contributed by atoms with E-state index in [2.05, 4.69) is 0 Å². The van der Waals surface area contributed by atoms with Gasteiger partial charge in [0.2, 0.25) is 5.91 Å². The molecule has 0 bridgehead atoms. The number of nitrogen functional groups attached to an aromatic ring is 1. The van der Waals surface area contributed by atoms with Gasteiger partial charge in [-0.3, -0.25) is 4.79 Å². The number of carbonyl (C=O) groups is 1. The second-order valence-corrected chi connectivity index (χ2v) is 4.12. The summed E-state index contributed by atoms with van der Waals surface area (Å²) in [6, 6.07) is 5.32. The van der Waals surface area contributed by atoms with Gasteiger partial charge in [-0.15, -0.1) is 0 Å². The van der Waals surface area contributed by atoms with Crippen molar-refractivity contribution in [2.24, 2.45) is 0 Å². The number of nitrogens with zero attached hydrogens (tertiary/aromatic N) is 1. The van der Waals surface area contributed by atoms with Gasteiger partial charge >= 0.3 is 0 Å².